The van der Waals surface area contributed by atoms with Crippen LogP contribution in [0.4, 0.5) is 17.1 Å². The van der Waals surface area contributed by atoms with Gasteiger partial charge >= 0.3 is 0 Å². The predicted octanol–water partition coefficient (Wildman–Crippen LogP) is 5.38. The Morgan fingerprint density at radius 2 is 1.38 bits per heavy atom. The molecule has 0 aliphatic heterocycles. The molecular weight excluding hydrogens is 292 g/mol. The van der Waals surface area contributed by atoms with Gasteiger partial charge in [-0.1, -0.05) is 29.8 Å². The summed E-state index contributed by atoms with van der Waals surface area (Å²) in [6.45, 7) is 2.16. The highest BCUT2D eigenvalue weighted by molar-refractivity contribution is 5.81. The number of rotatable bonds is 3. The lowest BCUT2D eigenvalue weighted by molar-refractivity contribution is 1.13. The molecule has 0 aromatic heterocycles. The highest BCUT2D eigenvalue weighted by atomic mass is 15.1. The van der Waals surface area contributed by atoms with Crippen LogP contribution < -0.4 is 10.2 Å². The molecule has 120 valence electrons. The molecule has 0 saturated carbocycles. The number of nitrogens with one attached hydrogen (secondary N) is 1. The van der Waals surface area contributed by atoms with Crippen LogP contribution in [0.3, 0.4) is 0 Å². The van der Waals surface area contributed by atoms with Crippen molar-refractivity contribution in [2.24, 2.45) is 0 Å². The van der Waals surface area contributed by atoms with Crippen molar-refractivity contribution in [1.29, 1.82) is 0 Å². The van der Waals surface area contributed by atoms with Crippen molar-refractivity contribution < 1.29 is 0 Å². The van der Waals surface area contributed by atoms with Gasteiger partial charge in [-0.05, 0) is 72.0 Å². The third-order valence-corrected chi connectivity index (χ3v) is 4.72. The zero-order valence-electron chi connectivity index (χ0n) is 14.4. The Balaban J connectivity index is 1.64. The van der Waals surface area contributed by atoms with E-state index in [0.717, 1.165) is 17.8 Å². The fraction of sp³-hybridized carbons (Fsp3) is 0.182. The molecule has 2 heteroatoms. The largest absolute Gasteiger partial charge is 0.378 e. The van der Waals surface area contributed by atoms with Crippen LogP contribution in [0.2, 0.25) is 0 Å². The standard InChI is InChI=1S/C22H22N2/c1-15-4-5-16-13-17-6-7-19(14-22(17)21(16)12-15)23-18-8-10-20(11-9-18)24(2)3/h4-12,14,23H,13H2,1-3H3. The molecule has 0 bridgehead atoms. The molecule has 1 aliphatic rings. The second-order valence-electron chi connectivity index (χ2n) is 6.78. The lowest BCUT2D eigenvalue weighted by Gasteiger charge is -2.14. The number of aryl methyl sites for hydroxylation is 1. The quantitative estimate of drug-likeness (QED) is 0.546. The number of nitrogens with zero attached hydrogens (tertiary/aromatic N) is 1. The summed E-state index contributed by atoms with van der Waals surface area (Å²) in [5.74, 6) is 0. The summed E-state index contributed by atoms with van der Waals surface area (Å²) in [5.41, 5.74) is 10.4. The van der Waals surface area contributed by atoms with Gasteiger partial charge in [0.25, 0.3) is 0 Å². The second-order valence-corrected chi connectivity index (χ2v) is 6.78. The number of hydrogen-bond acceptors (Lipinski definition) is 2. The van der Waals surface area contributed by atoms with Crippen molar-refractivity contribution >= 4 is 17.1 Å². The number of anilines is 3. The smallest absolute Gasteiger partial charge is 0.0390 e. The van der Waals surface area contributed by atoms with Crippen LogP contribution >= 0.6 is 0 Å². The first-order valence-electron chi connectivity index (χ1n) is 8.37. The molecule has 4 rings (SSSR count). The molecule has 0 radical (unpaired) electrons. The van der Waals surface area contributed by atoms with Gasteiger partial charge in [-0.15, -0.1) is 0 Å². The first-order chi connectivity index (χ1) is 11.6. The predicted molar refractivity (Wildman–Crippen MR) is 103 cm³/mol. The Bertz CT molecular complexity index is 892. The Morgan fingerprint density at radius 3 is 2.08 bits per heavy atom. The number of fused-ring (bicyclic) bond motifs is 3. The lowest BCUT2D eigenvalue weighted by atomic mass is 10.0. The Morgan fingerprint density at radius 1 is 0.750 bits per heavy atom. The maximum absolute atomic E-state index is 3.53. The molecule has 0 amide bonds. The highest BCUT2D eigenvalue weighted by Crippen LogP contribution is 2.39. The Kier molecular flexibility index (Phi) is 3.53. The summed E-state index contributed by atoms with van der Waals surface area (Å²) in [6, 6.07) is 22.0. The third kappa shape index (κ3) is 2.65. The summed E-state index contributed by atoms with van der Waals surface area (Å²) < 4.78 is 0. The fourth-order valence-corrected chi connectivity index (χ4v) is 3.37. The van der Waals surface area contributed by atoms with E-state index < -0.39 is 0 Å². The summed E-state index contributed by atoms with van der Waals surface area (Å²) >= 11 is 0. The van der Waals surface area contributed by atoms with Crippen molar-refractivity contribution in [3.8, 4) is 11.1 Å². The van der Waals surface area contributed by atoms with Gasteiger partial charge < -0.3 is 10.2 Å². The Hall–Kier alpha value is -2.74. The normalized spacial score (nSPS) is 11.8. The van der Waals surface area contributed by atoms with Gasteiger partial charge in [0.05, 0.1) is 0 Å². The van der Waals surface area contributed by atoms with Crippen LogP contribution in [0, 0.1) is 6.92 Å². The molecule has 0 heterocycles. The van der Waals surface area contributed by atoms with E-state index in [1.165, 1.54) is 33.5 Å². The van der Waals surface area contributed by atoms with Crippen LogP contribution in [0.1, 0.15) is 16.7 Å². The van der Waals surface area contributed by atoms with E-state index in [-0.39, 0.29) is 0 Å². The van der Waals surface area contributed by atoms with Gasteiger partial charge in [-0.2, -0.15) is 0 Å². The van der Waals surface area contributed by atoms with E-state index in [2.05, 4.69) is 91.9 Å². The van der Waals surface area contributed by atoms with E-state index in [4.69, 9.17) is 0 Å². The van der Waals surface area contributed by atoms with Crippen molar-refractivity contribution in [1.82, 2.24) is 0 Å². The lowest BCUT2D eigenvalue weighted by Crippen LogP contribution is -2.08. The first kappa shape index (κ1) is 14.8. The average molecular weight is 314 g/mol. The molecule has 0 saturated heterocycles. The SMILES string of the molecule is Cc1ccc2c(c1)-c1cc(Nc3ccc(N(C)C)cc3)ccc1C2. The second kappa shape index (κ2) is 5.72. The van der Waals surface area contributed by atoms with Crippen LogP contribution in [-0.4, -0.2) is 14.1 Å². The minimum absolute atomic E-state index is 1.04. The maximum atomic E-state index is 3.53. The molecule has 2 nitrogen and oxygen atoms in total. The molecule has 0 spiro atoms. The number of benzene rings is 3. The summed E-state index contributed by atoms with van der Waals surface area (Å²) in [5, 5.41) is 3.53. The van der Waals surface area contributed by atoms with Crippen molar-refractivity contribution in [2.45, 2.75) is 13.3 Å². The summed E-state index contributed by atoms with van der Waals surface area (Å²) in [7, 11) is 4.12. The van der Waals surface area contributed by atoms with E-state index in [1.807, 2.05) is 0 Å². The van der Waals surface area contributed by atoms with Crippen molar-refractivity contribution in [3.05, 3.63) is 77.4 Å². The van der Waals surface area contributed by atoms with Crippen LogP contribution in [-0.2, 0) is 6.42 Å². The van der Waals surface area contributed by atoms with Gasteiger partial charge in [-0.3, -0.25) is 0 Å². The molecule has 3 aromatic carbocycles. The molecule has 24 heavy (non-hydrogen) atoms. The fourth-order valence-electron chi connectivity index (χ4n) is 3.37. The molecule has 1 aliphatic carbocycles. The zero-order chi connectivity index (χ0) is 16.7. The minimum atomic E-state index is 1.04. The number of hydrogen-bond donors (Lipinski definition) is 1. The minimum Gasteiger partial charge on any atom is -0.378 e. The highest BCUT2D eigenvalue weighted by Gasteiger charge is 2.18. The monoisotopic (exact) mass is 314 g/mol. The van der Waals surface area contributed by atoms with Crippen molar-refractivity contribution in [2.75, 3.05) is 24.3 Å². The molecular formula is C22H22N2. The summed E-state index contributed by atoms with van der Waals surface area (Å²) in [6.07, 6.45) is 1.04. The van der Waals surface area contributed by atoms with Crippen molar-refractivity contribution in [3.63, 3.8) is 0 Å². The van der Waals surface area contributed by atoms with E-state index in [1.54, 1.807) is 0 Å². The first-order valence-corrected chi connectivity index (χ1v) is 8.37. The molecule has 3 aromatic rings. The molecule has 0 fully saturated rings. The van der Waals surface area contributed by atoms with Gasteiger partial charge in [0.15, 0.2) is 0 Å². The van der Waals surface area contributed by atoms with Crippen LogP contribution in [0.5, 0.6) is 0 Å². The molecule has 0 unspecified atom stereocenters. The molecule has 1 N–H and O–H groups in total. The van der Waals surface area contributed by atoms with E-state index in [9.17, 15) is 0 Å². The summed E-state index contributed by atoms with van der Waals surface area (Å²) in [4.78, 5) is 2.11. The molecule has 0 atom stereocenters. The van der Waals surface area contributed by atoms with Crippen LogP contribution in [0.15, 0.2) is 60.7 Å². The van der Waals surface area contributed by atoms with Gasteiger partial charge in [0, 0.05) is 31.2 Å². The Labute approximate surface area is 143 Å². The van der Waals surface area contributed by atoms with E-state index >= 15 is 0 Å². The van der Waals surface area contributed by atoms with Gasteiger partial charge in [0.2, 0.25) is 0 Å². The van der Waals surface area contributed by atoms with Crippen LogP contribution in [0.25, 0.3) is 11.1 Å². The maximum Gasteiger partial charge on any atom is 0.0390 e. The topological polar surface area (TPSA) is 15.3 Å². The average Bonchev–Trinajstić information content (AvgIpc) is 2.93. The van der Waals surface area contributed by atoms with Gasteiger partial charge in [-0.25, -0.2) is 0 Å². The van der Waals surface area contributed by atoms with E-state index in [0.29, 0.717) is 0 Å². The zero-order valence-corrected chi connectivity index (χ0v) is 14.4. The van der Waals surface area contributed by atoms with Gasteiger partial charge in [0.1, 0.15) is 0 Å². The third-order valence-electron chi connectivity index (χ3n) is 4.72.